The maximum atomic E-state index is 14.0. The smallest absolute Gasteiger partial charge is 0.240 e. The van der Waals surface area contributed by atoms with E-state index in [1.54, 1.807) is 23.7 Å². The van der Waals surface area contributed by atoms with E-state index in [1.165, 1.54) is 11.3 Å². The van der Waals surface area contributed by atoms with Crippen molar-refractivity contribution < 1.29 is 9.59 Å². The molecule has 12 heteroatoms. The maximum Gasteiger partial charge on any atom is 0.240 e. The Morgan fingerprint density at radius 3 is 2.33 bits per heavy atom. The quantitative estimate of drug-likeness (QED) is 0.231. The summed E-state index contributed by atoms with van der Waals surface area (Å²) in [5, 5.41) is 12.9. The summed E-state index contributed by atoms with van der Waals surface area (Å²) in [5.41, 5.74) is 16.5. The third-order valence-electron chi connectivity index (χ3n) is 7.74. The first-order chi connectivity index (χ1) is 20.6. The van der Waals surface area contributed by atoms with Crippen LogP contribution in [0.5, 0.6) is 0 Å². The molecular weight excluding hydrogens is 605 g/mol. The third-order valence-corrected chi connectivity index (χ3v) is 8.98. The number of nitrogens with zero attached hydrogens (tertiary/aromatic N) is 4. The number of rotatable bonds is 13. The number of hydrogen-bond acceptors (Lipinski definition) is 8. The fourth-order valence-corrected chi connectivity index (χ4v) is 6.62. The lowest BCUT2D eigenvalue weighted by atomic mass is 9.93. The van der Waals surface area contributed by atoms with Gasteiger partial charge in [0.15, 0.2) is 0 Å². The van der Waals surface area contributed by atoms with E-state index in [9.17, 15) is 9.59 Å². The minimum atomic E-state index is -0.789. The number of amides is 2. The van der Waals surface area contributed by atoms with Gasteiger partial charge in [-0.3, -0.25) is 9.59 Å². The second kappa shape index (κ2) is 15.8. The van der Waals surface area contributed by atoms with Crippen molar-refractivity contribution in [1.82, 2.24) is 20.0 Å². The van der Waals surface area contributed by atoms with Crippen LogP contribution in [0.4, 0.5) is 5.13 Å². The molecule has 1 fully saturated rings. The molecule has 9 nitrogen and oxygen atoms in total. The lowest BCUT2D eigenvalue weighted by Crippen LogP contribution is -2.65. The monoisotopic (exact) mass is 645 g/mol. The predicted molar refractivity (Wildman–Crippen MR) is 174 cm³/mol. The fourth-order valence-electron chi connectivity index (χ4n) is 5.66. The summed E-state index contributed by atoms with van der Waals surface area (Å²) >= 11 is 13.9. The number of carbonyl (C=O) groups is 2. The number of aromatic nitrogens is 2. The van der Waals surface area contributed by atoms with Gasteiger partial charge in [-0.05, 0) is 61.3 Å². The van der Waals surface area contributed by atoms with Crippen molar-refractivity contribution in [3.05, 3.63) is 75.2 Å². The normalized spacial score (nSPS) is 18.5. The second-order valence-electron chi connectivity index (χ2n) is 11.6. The first-order valence-corrected chi connectivity index (χ1v) is 16.4. The number of halogens is 2. The molecule has 1 aliphatic heterocycles. The van der Waals surface area contributed by atoms with Gasteiger partial charge in [-0.2, -0.15) is 0 Å². The molecule has 0 bridgehead atoms. The van der Waals surface area contributed by atoms with Crippen molar-refractivity contribution in [2.45, 2.75) is 70.1 Å². The highest BCUT2D eigenvalue weighted by atomic mass is 35.5. The number of anilines is 1. The van der Waals surface area contributed by atoms with E-state index in [0.717, 1.165) is 29.1 Å². The predicted octanol–water partition coefficient (Wildman–Crippen LogP) is 4.63. The summed E-state index contributed by atoms with van der Waals surface area (Å²) in [4.78, 5) is 31.6. The number of nitrogens with one attached hydrogen (secondary N) is 1. The van der Waals surface area contributed by atoms with E-state index in [2.05, 4.69) is 29.4 Å². The SMILES string of the molecule is CC(C)C[C@@H]1CN(C(=O)C(N)Cc2ccc(Cl)cc2Cl)[C@@H](CCCNc2nncs2)CN1C(=O)C(N)Cc1ccccc1. The molecule has 4 rings (SSSR count). The number of hydrogen-bond donors (Lipinski definition) is 3. The van der Waals surface area contributed by atoms with Crippen LogP contribution in [0.25, 0.3) is 0 Å². The molecule has 43 heavy (non-hydrogen) atoms. The van der Waals surface area contributed by atoms with Crippen LogP contribution in [0.1, 0.15) is 44.2 Å². The standard InChI is InChI=1S/C31H41Cl2N7O2S/c1-20(2)13-25-18-39(30(42)28(35)15-22-10-11-23(32)16-26(22)33)24(9-6-12-36-31-38-37-19-43-31)17-40(25)29(41)27(34)14-21-7-4-3-5-8-21/h3-5,7-8,10-11,16,19-20,24-25,27-28H,6,9,12-15,17-18,34-35H2,1-2H3,(H,36,38)/t24-,25+,27?,28?/m0/s1. The molecule has 5 N–H and O–H groups in total. The zero-order chi connectivity index (χ0) is 30.9. The molecule has 2 unspecified atom stereocenters. The third kappa shape index (κ3) is 9.36. The van der Waals surface area contributed by atoms with E-state index in [0.29, 0.717) is 48.4 Å². The lowest BCUT2D eigenvalue weighted by molar-refractivity contribution is -0.149. The molecule has 232 valence electrons. The minimum absolute atomic E-state index is 0.0872. The van der Waals surface area contributed by atoms with Gasteiger partial charge in [-0.1, -0.05) is 84.8 Å². The van der Waals surface area contributed by atoms with Crippen LogP contribution in [0, 0.1) is 5.92 Å². The van der Waals surface area contributed by atoms with Crippen LogP contribution in [0.3, 0.4) is 0 Å². The highest BCUT2D eigenvalue weighted by Gasteiger charge is 2.41. The molecule has 2 amide bonds. The Bertz CT molecular complexity index is 1330. The Morgan fingerprint density at radius 2 is 1.67 bits per heavy atom. The summed E-state index contributed by atoms with van der Waals surface area (Å²) in [6.07, 6.45) is 2.93. The van der Waals surface area contributed by atoms with Crippen molar-refractivity contribution in [2.75, 3.05) is 25.0 Å². The molecule has 3 aromatic rings. The maximum absolute atomic E-state index is 14.0. The largest absolute Gasteiger partial charge is 0.360 e. The van der Waals surface area contributed by atoms with Crippen molar-refractivity contribution in [1.29, 1.82) is 0 Å². The Balaban J connectivity index is 1.53. The van der Waals surface area contributed by atoms with Gasteiger partial charge in [-0.15, -0.1) is 10.2 Å². The molecule has 1 saturated heterocycles. The van der Waals surface area contributed by atoms with E-state index in [1.807, 2.05) is 40.1 Å². The molecule has 2 aromatic carbocycles. The zero-order valence-electron chi connectivity index (χ0n) is 24.7. The van der Waals surface area contributed by atoms with Crippen LogP contribution in [-0.4, -0.2) is 75.6 Å². The van der Waals surface area contributed by atoms with Gasteiger partial charge in [0.1, 0.15) is 5.51 Å². The lowest BCUT2D eigenvalue weighted by Gasteiger charge is -2.48. The van der Waals surface area contributed by atoms with Gasteiger partial charge in [0, 0.05) is 41.8 Å². The topological polar surface area (TPSA) is 130 Å². The van der Waals surface area contributed by atoms with Crippen LogP contribution < -0.4 is 16.8 Å². The highest BCUT2D eigenvalue weighted by Crippen LogP contribution is 2.27. The molecule has 0 saturated carbocycles. The van der Waals surface area contributed by atoms with E-state index in [4.69, 9.17) is 34.7 Å². The number of piperazine rings is 1. The molecule has 4 atom stereocenters. The van der Waals surface area contributed by atoms with Crippen molar-refractivity contribution >= 4 is 51.5 Å². The van der Waals surface area contributed by atoms with Gasteiger partial charge in [0.2, 0.25) is 16.9 Å². The van der Waals surface area contributed by atoms with Crippen LogP contribution in [0.15, 0.2) is 54.0 Å². The zero-order valence-corrected chi connectivity index (χ0v) is 27.0. The van der Waals surface area contributed by atoms with Crippen molar-refractivity contribution in [3.8, 4) is 0 Å². The van der Waals surface area contributed by atoms with Crippen LogP contribution in [0.2, 0.25) is 10.0 Å². The molecule has 2 heterocycles. The Labute approximate surface area is 267 Å². The fraction of sp³-hybridized carbons (Fsp3) is 0.484. The van der Waals surface area contributed by atoms with Gasteiger partial charge < -0.3 is 26.6 Å². The Kier molecular flexibility index (Phi) is 12.2. The minimum Gasteiger partial charge on any atom is -0.360 e. The number of nitrogens with two attached hydrogens (primary N) is 2. The molecule has 1 aromatic heterocycles. The average Bonchev–Trinajstić information content (AvgIpc) is 3.50. The Morgan fingerprint density at radius 1 is 1.00 bits per heavy atom. The molecule has 0 aliphatic carbocycles. The summed E-state index contributed by atoms with van der Waals surface area (Å²) in [6.45, 7) is 5.71. The van der Waals surface area contributed by atoms with Crippen LogP contribution >= 0.6 is 34.5 Å². The molecular formula is C31H41Cl2N7O2S. The van der Waals surface area contributed by atoms with E-state index in [-0.39, 0.29) is 30.3 Å². The first-order valence-electron chi connectivity index (χ1n) is 14.7. The molecule has 0 radical (unpaired) electrons. The van der Waals surface area contributed by atoms with Crippen molar-refractivity contribution in [2.24, 2.45) is 17.4 Å². The van der Waals surface area contributed by atoms with Gasteiger partial charge in [-0.25, -0.2) is 0 Å². The first kappa shape index (κ1) is 33.1. The second-order valence-corrected chi connectivity index (χ2v) is 13.3. The van der Waals surface area contributed by atoms with E-state index >= 15 is 0 Å². The number of benzene rings is 2. The summed E-state index contributed by atoms with van der Waals surface area (Å²) in [5.74, 6) is 0.0789. The van der Waals surface area contributed by atoms with E-state index < -0.39 is 12.1 Å². The molecule has 0 spiro atoms. The summed E-state index contributed by atoms with van der Waals surface area (Å²) < 4.78 is 0. The van der Waals surface area contributed by atoms with Crippen molar-refractivity contribution in [3.63, 3.8) is 0 Å². The number of carbonyl (C=O) groups excluding carboxylic acids is 2. The molecule has 1 aliphatic rings. The Hall–Kier alpha value is -2.76. The average molecular weight is 647 g/mol. The van der Waals surface area contributed by atoms with Gasteiger partial charge >= 0.3 is 0 Å². The highest BCUT2D eigenvalue weighted by molar-refractivity contribution is 7.13. The van der Waals surface area contributed by atoms with Gasteiger partial charge in [0.05, 0.1) is 12.1 Å². The summed E-state index contributed by atoms with van der Waals surface area (Å²) in [7, 11) is 0. The van der Waals surface area contributed by atoms with Crippen LogP contribution in [-0.2, 0) is 22.4 Å². The summed E-state index contributed by atoms with van der Waals surface area (Å²) in [6, 6.07) is 13.2. The van der Waals surface area contributed by atoms with Gasteiger partial charge in [0.25, 0.3) is 0 Å².